The van der Waals surface area contributed by atoms with E-state index >= 15 is 0 Å². The van der Waals surface area contributed by atoms with E-state index in [-0.39, 0.29) is 6.10 Å². The molecule has 0 aliphatic carbocycles. The fourth-order valence-corrected chi connectivity index (χ4v) is 1.06. The van der Waals surface area contributed by atoms with Crippen LogP contribution in [0, 0.1) is 0 Å². The van der Waals surface area contributed by atoms with Crippen LogP contribution in [0.2, 0.25) is 0 Å². The molecule has 0 aromatic rings. The average molecular weight is 131 g/mol. The zero-order valence-electron chi connectivity index (χ0n) is 5.42. The highest BCUT2D eigenvalue weighted by atomic mass is 16.5. The van der Waals surface area contributed by atoms with Crippen molar-refractivity contribution in [3.63, 3.8) is 0 Å². The molecule has 1 aliphatic rings. The van der Waals surface area contributed by atoms with E-state index in [1.54, 1.807) is 0 Å². The smallest absolute Gasteiger partial charge is 0.0923 e. The first kappa shape index (κ1) is 6.99. The van der Waals surface area contributed by atoms with Crippen LogP contribution >= 0.6 is 0 Å². The highest BCUT2D eigenvalue weighted by Gasteiger charge is 2.22. The highest BCUT2D eigenvalue weighted by Crippen LogP contribution is 2.14. The summed E-state index contributed by atoms with van der Waals surface area (Å²) in [4.78, 5) is 0. The molecule has 0 unspecified atom stereocenters. The monoisotopic (exact) mass is 131 g/mol. The number of rotatable bonds is 2. The molecule has 0 amide bonds. The fourth-order valence-electron chi connectivity index (χ4n) is 1.06. The van der Waals surface area contributed by atoms with Crippen LogP contribution in [0.1, 0.15) is 12.8 Å². The molecular weight excluding hydrogens is 118 g/mol. The Morgan fingerprint density at radius 1 is 1.78 bits per heavy atom. The predicted molar refractivity (Wildman–Crippen MR) is 34.0 cm³/mol. The van der Waals surface area contributed by atoms with E-state index in [0.29, 0.717) is 6.54 Å². The Kier molecular flexibility index (Phi) is 2.45. The molecule has 1 saturated heterocycles. The SMILES string of the molecule is NC[C@@H](O)[C@@H]1CCCO1. The van der Waals surface area contributed by atoms with Gasteiger partial charge in [0.15, 0.2) is 0 Å². The van der Waals surface area contributed by atoms with Gasteiger partial charge in [-0.2, -0.15) is 0 Å². The van der Waals surface area contributed by atoms with E-state index in [0.717, 1.165) is 19.4 Å². The van der Waals surface area contributed by atoms with Crippen molar-refractivity contribution in [2.75, 3.05) is 13.2 Å². The first-order valence-electron chi connectivity index (χ1n) is 3.34. The second-order valence-corrected chi connectivity index (χ2v) is 2.35. The van der Waals surface area contributed by atoms with Crippen LogP contribution < -0.4 is 5.73 Å². The molecule has 1 rings (SSSR count). The van der Waals surface area contributed by atoms with Crippen molar-refractivity contribution in [1.29, 1.82) is 0 Å². The van der Waals surface area contributed by atoms with Crippen LogP contribution in [0.4, 0.5) is 0 Å². The summed E-state index contributed by atoms with van der Waals surface area (Å²) in [6.45, 7) is 1.09. The lowest BCUT2D eigenvalue weighted by Crippen LogP contribution is -2.32. The maximum absolute atomic E-state index is 9.11. The highest BCUT2D eigenvalue weighted by molar-refractivity contribution is 4.73. The van der Waals surface area contributed by atoms with Gasteiger partial charge in [0, 0.05) is 13.2 Å². The van der Waals surface area contributed by atoms with Crippen LogP contribution in [0.5, 0.6) is 0 Å². The van der Waals surface area contributed by atoms with E-state index in [4.69, 9.17) is 15.6 Å². The Bertz CT molecular complexity index is 81.1. The molecule has 0 bridgehead atoms. The number of nitrogens with two attached hydrogens (primary N) is 1. The van der Waals surface area contributed by atoms with Gasteiger partial charge in [-0.15, -0.1) is 0 Å². The minimum Gasteiger partial charge on any atom is -0.389 e. The Hall–Kier alpha value is -0.120. The minimum absolute atomic E-state index is 0.00926. The zero-order valence-corrected chi connectivity index (χ0v) is 5.42. The van der Waals surface area contributed by atoms with Gasteiger partial charge >= 0.3 is 0 Å². The van der Waals surface area contributed by atoms with E-state index in [1.165, 1.54) is 0 Å². The number of hydrogen-bond acceptors (Lipinski definition) is 3. The quantitative estimate of drug-likeness (QED) is 0.530. The van der Waals surface area contributed by atoms with E-state index in [2.05, 4.69) is 0 Å². The second kappa shape index (κ2) is 3.15. The molecule has 3 N–H and O–H groups in total. The molecule has 3 heteroatoms. The van der Waals surface area contributed by atoms with E-state index < -0.39 is 6.10 Å². The van der Waals surface area contributed by atoms with Crippen molar-refractivity contribution in [2.45, 2.75) is 25.0 Å². The maximum Gasteiger partial charge on any atom is 0.0923 e. The lowest BCUT2D eigenvalue weighted by Gasteiger charge is -2.14. The van der Waals surface area contributed by atoms with Crippen LogP contribution in [0.3, 0.4) is 0 Å². The molecule has 0 radical (unpaired) electrons. The number of ether oxygens (including phenoxy) is 1. The molecule has 54 valence electrons. The molecule has 0 spiro atoms. The average Bonchev–Trinajstić information content (AvgIpc) is 2.37. The summed E-state index contributed by atoms with van der Waals surface area (Å²) >= 11 is 0. The van der Waals surface area contributed by atoms with Gasteiger partial charge in [-0.3, -0.25) is 0 Å². The summed E-state index contributed by atoms with van der Waals surface area (Å²) in [6.07, 6.45) is 1.57. The van der Waals surface area contributed by atoms with Crippen LogP contribution in [-0.4, -0.2) is 30.5 Å². The predicted octanol–water partition coefficient (Wildman–Crippen LogP) is -0.515. The van der Waals surface area contributed by atoms with Crippen molar-refractivity contribution < 1.29 is 9.84 Å². The van der Waals surface area contributed by atoms with Gasteiger partial charge in [0.1, 0.15) is 0 Å². The van der Waals surface area contributed by atoms with E-state index in [9.17, 15) is 0 Å². The molecule has 0 saturated carbocycles. The summed E-state index contributed by atoms with van der Waals surface area (Å²) in [6, 6.07) is 0. The summed E-state index contributed by atoms with van der Waals surface area (Å²) in [7, 11) is 0. The molecular formula is C6H13NO2. The maximum atomic E-state index is 9.11. The minimum atomic E-state index is -0.451. The van der Waals surface area contributed by atoms with Gasteiger partial charge in [0.2, 0.25) is 0 Å². The van der Waals surface area contributed by atoms with Crippen molar-refractivity contribution in [1.82, 2.24) is 0 Å². The topological polar surface area (TPSA) is 55.5 Å². The lowest BCUT2D eigenvalue weighted by molar-refractivity contribution is 0.00365. The number of aliphatic hydroxyl groups excluding tert-OH is 1. The lowest BCUT2D eigenvalue weighted by atomic mass is 10.1. The molecule has 3 nitrogen and oxygen atoms in total. The van der Waals surface area contributed by atoms with Gasteiger partial charge < -0.3 is 15.6 Å². The third-order valence-electron chi connectivity index (χ3n) is 1.64. The first-order chi connectivity index (χ1) is 4.34. The normalized spacial score (nSPS) is 30.7. The van der Waals surface area contributed by atoms with Gasteiger partial charge in [-0.05, 0) is 12.8 Å². The fraction of sp³-hybridized carbons (Fsp3) is 1.00. The number of aliphatic hydroxyl groups is 1. The Morgan fingerprint density at radius 2 is 2.56 bits per heavy atom. The molecule has 1 fully saturated rings. The van der Waals surface area contributed by atoms with Crippen LogP contribution in [0.15, 0.2) is 0 Å². The molecule has 9 heavy (non-hydrogen) atoms. The van der Waals surface area contributed by atoms with Crippen LogP contribution in [0.25, 0.3) is 0 Å². The van der Waals surface area contributed by atoms with Gasteiger partial charge in [-0.25, -0.2) is 0 Å². The molecule has 1 heterocycles. The summed E-state index contributed by atoms with van der Waals surface area (Å²) < 4.78 is 5.18. The van der Waals surface area contributed by atoms with E-state index in [1.807, 2.05) is 0 Å². The second-order valence-electron chi connectivity index (χ2n) is 2.35. The van der Waals surface area contributed by atoms with Crippen molar-refractivity contribution in [2.24, 2.45) is 5.73 Å². The molecule has 0 aromatic carbocycles. The Labute approximate surface area is 54.8 Å². The van der Waals surface area contributed by atoms with Crippen LogP contribution in [-0.2, 0) is 4.74 Å². The zero-order chi connectivity index (χ0) is 6.69. The largest absolute Gasteiger partial charge is 0.389 e. The van der Waals surface area contributed by atoms with Crippen molar-refractivity contribution in [3.05, 3.63) is 0 Å². The summed E-state index contributed by atoms with van der Waals surface area (Å²) in [5, 5.41) is 9.11. The van der Waals surface area contributed by atoms with Gasteiger partial charge in [-0.1, -0.05) is 0 Å². The van der Waals surface area contributed by atoms with Crippen molar-refractivity contribution in [3.8, 4) is 0 Å². The Morgan fingerprint density at radius 3 is 3.00 bits per heavy atom. The summed E-state index contributed by atoms with van der Waals surface area (Å²) in [5.41, 5.74) is 5.22. The number of hydrogen-bond donors (Lipinski definition) is 2. The summed E-state index contributed by atoms with van der Waals surface area (Å²) in [5.74, 6) is 0. The molecule has 0 aromatic heterocycles. The van der Waals surface area contributed by atoms with Gasteiger partial charge in [0.25, 0.3) is 0 Å². The third-order valence-corrected chi connectivity index (χ3v) is 1.64. The molecule has 2 atom stereocenters. The Balaban J connectivity index is 2.24. The first-order valence-corrected chi connectivity index (χ1v) is 3.34. The third kappa shape index (κ3) is 1.64. The van der Waals surface area contributed by atoms with Crippen molar-refractivity contribution >= 4 is 0 Å². The molecule has 1 aliphatic heterocycles. The van der Waals surface area contributed by atoms with Gasteiger partial charge in [0.05, 0.1) is 12.2 Å². The standard InChI is InChI=1S/C6H13NO2/c7-4-5(8)6-2-1-3-9-6/h5-6,8H,1-4,7H2/t5-,6+/m1/s1.